The fourth-order valence-electron chi connectivity index (χ4n) is 3.12. The van der Waals surface area contributed by atoms with Gasteiger partial charge in [-0.15, -0.1) is 0 Å². The van der Waals surface area contributed by atoms with Crippen molar-refractivity contribution in [2.45, 2.75) is 13.2 Å². The average molecular weight is 437 g/mol. The number of ether oxygens (including phenoxy) is 1. The predicted octanol–water partition coefficient (Wildman–Crippen LogP) is 5.15. The first-order chi connectivity index (χ1) is 15.0. The van der Waals surface area contributed by atoms with Gasteiger partial charge in [0.05, 0.1) is 6.54 Å². The van der Waals surface area contributed by atoms with E-state index in [0.717, 1.165) is 10.5 Å². The van der Waals surface area contributed by atoms with E-state index in [4.69, 9.17) is 16.3 Å². The molecular weight excluding hydrogens is 419 g/mol. The quantitative estimate of drug-likeness (QED) is 0.429. The van der Waals surface area contributed by atoms with Crippen LogP contribution in [0.15, 0.2) is 78.5 Å². The van der Waals surface area contributed by atoms with E-state index in [2.05, 4.69) is 5.32 Å². The van der Waals surface area contributed by atoms with Crippen LogP contribution in [0.3, 0.4) is 0 Å². The lowest BCUT2D eigenvalue weighted by molar-refractivity contribution is -0.123. The highest BCUT2D eigenvalue weighted by Gasteiger charge is 2.33. The lowest BCUT2D eigenvalue weighted by Gasteiger charge is -2.12. The van der Waals surface area contributed by atoms with Crippen LogP contribution in [0.1, 0.15) is 16.7 Å². The molecule has 5 nitrogen and oxygen atoms in total. The van der Waals surface area contributed by atoms with Gasteiger partial charge in [-0.05, 0) is 35.9 Å². The van der Waals surface area contributed by atoms with E-state index in [9.17, 15) is 14.0 Å². The second-order valence-electron chi connectivity index (χ2n) is 6.92. The molecule has 0 radical (unpaired) electrons. The number of carbonyl (C=O) groups is 2. The van der Waals surface area contributed by atoms with E-state index in [-0.39, 0.29) is 17.8 Å². The third-order valence-electron chi connectivity index (χ3n) is 4.79. The molecule has 4 rings (SSSR count). The summed E-state index contributed by atoms with van der Waals surface area (Å²) in [5.41, 5.74) is 1.99. The first kappa shape index (κ1) is 20.6. The molecule has 0 bridgehead atoms. The van der Waals surface area contributed by atoms with E-state index in [1.165, 1.54) is 6.07 Å². The van der Waals surface area contributed by atoms with Gasteiger partial charge in [0, 0.05) is 16.1 Å². The molecular formula is C24H18ClFN2O3. The number of benzene rings is 3. The van der Waals surface area contributed by atoms with E-state index in [1.54, 1.807) is 54.6 Å². The summed E-state index contributed by atoms with van der Waals surface area (Å²) in [6.07, 6.45) is 1.57. The molecule has 0 saturated carbocycles. The summed E-state index contributed by atoms with van der Waals surface area (Å²) in [5.74, 6) is -0.328. The number of hydrogen-bond donors (Lipinski definition) is 1. The van der Waals surface area contributed by atoms with E-state index in [1.807, 2.05) is 18.2 Å². The average Bonchev–Trinajstić information content (AvgIpc) is 3.03. The number of carbonyl (C=O) groups excluding carboxylic acids is 2. The minimum absolute atomic E-state index is 0.131. The number of rotatable bonds is 6. The smallest absolute Gasteiger partial charge is 0.329 e. The zero-order chi connectivity index (χ0) is 21.8. The summed E-state index contributed by atoms with van der Waals surface area (Å²) < 4.78 is 19.6. The Morgan fingerprint density at radius 1 is 0.935 bits per heavy atom. The fourth-order valence-corrected chi connectivity index (χ4v) is 3.31. The molecule has 1 heterocycles. The van der Waals surface area contributed by atoms with Crippen LogP contribution in [-0.2, 0) is 17.9 Å². The van der Waals surface area contributed by atoms with Gasteiger partial charge in [-0.2, -0.15) is 0 Å². The number of nitrogens with zero attached hydrogens (tertiary/aromatic N) is 1. The summed E-state index contributed by atoms with van der Waals surface area (Å²) in [5, 5.41) is 3.18. The SMILES string of the molecule is O=C1N/C(=C/c2ccc(OCc3ccccc3Cl)cc2)C(=O)N1Cc1ccccc1F. The van der Waals surface area contributed by atoms with Crippen molar-refractivity contribution in [1.29, 1.82) is 0 Å². The zero-order valence-electron chi connectivity index (χ0n) is 16.3. The second-order valence-corrected chi connectivity index (χ2v) is 7.33. The van der Waals surface area contributed by atoms with Crippen molar-refractivity contribution in [2.75, 3.05) is 0 Å². The summed E-state index contributed by atoms with van der Waals surface area (Å²) >= 11 is 6.13. The topological polar surface area (TPSA) is 58.6 Å². The number of urea groups is 1. The Balaban J connectivity index is 1.42. The van der Waals surface area contributed by atoms with Gasteiger partial charge < -0.3 is 10.1 Å². The van der Waals surface area contributed by atoms with Crippen molar-refractivity contribution in [2.24, 2.45) is 0 Å². The van der Waals surface area contributed by atoms with Gasteiger partial charge in [0.25, 0.3) is 5.91 Å². The fraction of sp³-hybridized carbons (Fsp3) is 0.0833. The lowest BCUT2D eigenvalue weighted by Crippen LogP contribution is -2.30. The van der Waals surface area contributed by atoms with E-state index < -0.39 is 17.8 Å². The van der Waals surface area contributed by atoms with Crippen LogP contribution >= 0.6 is 11.6 Å². The summed E-state index contributed by atoms with van der Waals surface area (Å²) in [6, 6.07) is 20.0. The van der Waals surface area contributed by atoms with Crippen LogP contribution < -0.4 is 10.1 Å². The van der Waals surface area contributed by atoms with Crippen LogP contribution in [-0.4, -0.2) is 16.8 Å². The Morgan fingerprint density at radius 2 is 1.61 bits per heavy atom. The zero-order valence-corrected chi connectivity index (χ0v) is 17.1. The minimum Gasteiger partial charge on any atom is -0.489 e. The number of hydrogen-bond acceptors (Lipinski definition) is 3. The summed E-state index contributed by atoms with van der Waals surface area (Å²) in [6.45, 7) is 0.198. The normalized spacial score (nSPS) is 14.8. The first-order valence-electron chi connectivity index (χ1n) is 9.55. The van der Waals surface area contributed by atoms with Crippen molar-refractivity contribution >= 4 is 29.6 Å². The highest BCUT2D eigenvalue weighted by Crippen LogP contribution is 2.21. The maximum absolute atomic E-state index is 13.9. The Hall–Kier alpha value is -3.64. The van der Waals surface area contributed by atoms with Gasteiger partial charge in [0.1, 0.15) is 23.9 Å². The van der Waals surface area contributed by atoms with Crippen LogP contribution in [0.4, 0.5) is 9.18 Å². The molecule has 1 aliphatic heterocycles. The molecule has 31 heavy (non-hydrogen) atoms. The van der Waals surface area contributed by atoms with Crippen LogP contribution in [0.25, 0.3) is 6.08 Å². The Bertz CT molecular complexity index is 1160. The molecule has 1 N–H and O–H groups in total. The molecule has 0 aromatic heterocycles. The van der Waals surface area contributed by atoms with Crippen LogP contribution in [0.2, 0.25) is 5.02 Å². The molecule has 1 aliphatic rings. The molecule has 0 aliphatic carbocycles. The van der Waals surface area contributed by atoms with Crippen molar-refractivity contribution in [3.63, 3.8) is 0 Å². The van der Waals surface area contributed by atoms with Gasteiger partial charge in [0.15, 0.2) is 0 Å². The standard InChI is InChI=1S/C24H18ClFN2O3/c25-20-7-3-1-6-18(20)15-31-19-11-9-16(10-12-19)13-22-23(29)28(24(30)27-22)14-17-5-2-4-8-21(17)26/h1-13H,14-15H2,(H,27,30)/b22-13+. The summed E-state index contributed by atoms with van der Waals surface area (Å²) in [7, 11) is 0. The van der Waals surface area contributed by atoms with Crippen LogP contribution in [0, 0.1) is 5.82 Å². The number of nitrogens with one attached hydrogen (secondary N) is 1. The van der Waals surface area contributed by atoms with Gasteiger partial charge in [-0.3, -0.25) is 9.69 Å². The predicted molar refractivity (Wildman–Crippen MR) is 116 cm³/mol. The Morgan fingerprint density at radius 3 is 2.32 bits per heavy atom. The van der Waals surface area contributed by atoms with Crippen molar-refractivity contribution in [3.05, 3.63) is 106 Å². The van der Waals surface area contributed by atoms with Crippen molar-refractivity contribution in [3.8, 4) is 5.75 Å². The van der Waals surface area contributed by atoms with E-state index >= 15 is 0 Å². The third-order valence-corrected chi connectivity index (χ3v) is 5.16. The van der Waals surface area contributed by atoms with Gasteiger partial charge >= 0.3 is 6.03 Å². The molecule has 0 unspecified atom stereocenters. The monoisotopic (exact) mass is 436 g/mol. The molecule has 3 aromatic carbocycles. The number of imide groups is 1. The molecule has 7 heteroatoms. The molecule has 3 aromatic rings. The first-order valence-corrected chi connectivity index (χ1v) is 9.93. The highest BCUT2D eigenvalue weighted by atomic mass is 35.5. The van der Waals surface area contributed by atoms with Crippen molar-refractivity contribution < 1.29 is 18.7 Å². The molecule has 0 spiro atoms. The lowest BCUT2D eigenvalue weighted by atomic mass is 10.1. The number of amides is 3. The maximum Gasteiger partial charge on any atom is 0.329 e. The van der Waals surface area contributed by atoms with Gasteiger partial charge in [0.2, 0.25) is 0 Å². The molecule has 156 valence electrons. The van der Waals surface area contributed by atoms with E-state index in [0.29, 0.717) is 22.9 Å². The van der Waals surface area contributed by atoms with Crippen LogP contribution in [0.5, 0.6) is 5.75 Å². The second kappa shape index (κ2) is 9.02. The van der Waals surface area contributed by atoms with Crippen molar-refractivity contribution in [1.82, 2.24) is 10.2 Å². The molecule has 0 atom stereocenters. The molecule has 1 saturated heterocycles. The van der Waals surface area contributed by atoms with Gasteiger partial charge in [-0.25, -0.2) is 9.18 Å². The third kappa shape index (κ3) is 4.75. The Kier molecular flexibility index (Phi) is 6.00. The minimum atomic E-state index is -0.584. The highest BCUT2D eigenvalue weighted by molar-refractivity contribution is 6.31. The molecule has 3 amide bonds. The van der Waals surface area contributed by atoms with Gasteiger partial charge in [-0.1, -0.05) is 60.1 Å². The Labute approximate surface area is 183 Å². The largest absolute Gasteiger partial charge is 0.489 e. The molecule has 1 fully saturated rings. The number of halogens is 2. The maximum atomic E-state index is 13.9. The summed E-state index contributed by atoms with van der Waals surface area (Å²) in [4.78, 5) is 25.8.